The Morgan fingerprint density at radius 2 is 1.79 bits per heavy atom. The molecule has 0 radical (unpaired) electrons. The van der Waals surface area contributed by atoms with Crippen LogP contribution >= 0.6 is 0 Å². The van der Waals surface area contributed by atoms with Gasteiger partial charge in [0.1, 0.15) is 6.61 Å². The van der Waals surface area contributed by atoms with Crippen LogP contribution in [-0.4, -0.2) is 66.4 Å². The monoisotopic (exact) mass is 273 g/mol. The number of nitrogens with zero attached hydrogens (tertiary/aromatic N) is 2. The van der Waals surface area contributed by atoms with E-state index in [2.05, 4.69) is 10.2 Å². The summed E-state index contributed by atoms with van der Waals surface area (Å²) in [7, 11) is 0. The van der Waals surface area contributed by atoms with E-state index in [-0.39, 0.29) is 11.9 Å². The second-order valence-corrected chi connectivity index (χ2v) is 5.65. The molecule has 5 nitrogen and oxygen atoms in total. The molecular formula is C13H24FN3O2. The van der Waals surface area contributed by atoms with E-state index in [1.807, 2.05) is 0 Å². The van der Waals surface area contributed by atoms with Crippen molar-refractivity contribution in [2.45, 2.75) is 31.7 Å². The standard InChI is InChI=1S/C13H24FN3O2/c14-17-7-1-11(2-8-17)9-16-5-3-12(4-6-16)15-13(19)10-18/h11-12,18H,1-10H2,(H,15,19). The highest BCUT2D eigenvalue weighted by Crippen LogP contribution is 2.20. The Hall–Kier alpha value is -0.720. The van der Waals surface area contributed by atoms with E-state index in [1.54, 1.807) is 0 Å². The molecule has 0 aliphatic carbocycles. The van der Waals surface area contributed by atoms with Crippen molar-refractivity contribution in [2.75, 3.05) is 39.3 Å². The first kappa shape index (κ1) is 14.7. The molecule has 2 aliphatic rings. The van der Waals surface area contributed by atoms with Gasteiger partial charge in [0, 0.05) is 38.8 Å². The molecule has 0 aromatic rings. The fourth-order valence-corrected chi connectivity index (χ4v) is 2.98. The van der Waals surface area contributed by atoms with Crippen molar-refractivity contribution in [3.05, 3.63) is 0 Å². The number of amides is 1. The lowest BCUT2D eigenvalue weighted by molar-refractivity contribution is -0.124. The predicted molar refractivity (Wildman–Crippen MR) is 70.1 cm³/mol. The van der Waals surface area contributed by atoms with Crippen LogP contribution in [0.3, 0.4) is 0 Å². The Labute approximate surface area is 113 Å². The van der Waals surface area contributed by atoms with E-state index in [1.165, 1.54) is 0 Å². The van der Waals surface area contributed by atoms with E-state index < -0.39 is 6.61 Å². The molecular weight excluding hydrogens is 249 g/mol. The lowest BCUT2D eigenvalue weighted by atomic mass is 9.95. The van der Waals surface area contributed by atoms with Gasteiger partial charge in [-0.3, -0.25) is 4.79 Å². The molecule has 19 heavy (non-hydrogen) atoms. The maximum absolute atomic E-state index is 12.9. The minimum Gasteiger partial charge on any atom is -0.387 e. The van der Waals surface area contributed by atoms with Crippen LogP contribution in [0.15, 0.2) is 0 Å². The first-order valence-corrected chi connectivity index (χ1v) is 7.20. The summed E-state index contributed by atoms with van der Waals surface area (Å²) in [6, 6.07) is 0.198. The molecule has 2 heterocycles. The molecule has 110 valence electrons. The number of piperidine rings is 2. The van der Waals surface area contributed by atoms with Gasteiger partial charge in [0.05, 0.1) is 0 Å². The number of hydrogen-bond acceptors (Lipinski definition) is 4. The van der Waals surface area contributed by atoms with Gasteiger partial charge < -0.3 is 15.3 Å². The van der Waals surface area contributed by atoms with E-state index in [4.69, 9.17) is 5.11 Å². The molecule has 2 N–H and O–H groups in total. The largest absolute Gasteiger partial charge is 0.387 e. The molecule has 0 bridgehead atoms. The number of aliphatic hydroxyl groups is 1. The highest BCUT2D eigenvalue weighted by atomic mass is 19.2. The smallest absolute Gasteiger partial charge is 0.245 e. The topological polar surface area (TPSA) is 55.8 Å². The van der Waals surface area contributed by atoms with Crippen molar-refractivity contribution in [2.24, 2.45) is 5.92 Å². The number of carbonyl (C=O) groups excluding carboxylic acids is 1. The Morgan fingerprint density at radius 3 is 2.37 bits per heavy atom. The maximum atomic E-state index is 12.9. The highest BCUT2D eigenvalue weighted by Gasteiger charge is 2.25. The molecule has 0 aromatic carbocycles. The highest BCUT2D eigenvalue weighted by molar-refractivity contribution is 5.77. The van der Waals surface area contributed by atoms with Crippen molar-refractivity contribution in [1.29, 1.82) is 0 Å². The molecule has 0 saturated carbocycles. The Morgan fingerprint density at radius 1 is 1.16 bits per heavy atom. The van der Waals surface area contributed by atoms with Crippen molar-refractivity contribution < 1.29 is 14.4 Å². The number of likely N-dealkylation sites (tertiary alicyclic amines) is 1. The van der Waals surface area contributed by atoms with Gasteiger partial charge in [-0.25, -0.2) is 0 Å². The average Bonchev–Trinajstić information content (AvgIpc) is 2.43. The predicted octanol–water partition coefficient (Wildman–Crippen LogP) is 0.156. The normalized spacial score (nSPS) is 24.5. The Balaban J connectivity index is 1.64. The van der Waals surface area contributed by atoms with E-state index in [0.717, 1.165) is 50.4 Å². The van der Waals surface area contributed by atoms with Gasteiger partial charge in [-0.05, 0) is 31.6 Å². The Kier molecular flexibility index (Phi) is 5.54. The number of rotatable bonds is 4. The van der Waals surface area contributed by atoms with E-state index >= 15 is 0 Å². The molecule has 0 aromatic heterocycles. The summed E-state index contributed by atoms with van der Waals surface area (Å²) >= 11 is 0. The van der Waals surface area contributed by atoms with Crippen LogP contribution in [0.2, 0.25) is 0 Å². The zero-order valence-electron chi connectivity index (χ0n) is 11.4. The summed E-state index contributed by atoms with van der Waals surface area (Å²) in [5.74, 6) is 0.323. The van der Waals surface area contributed by atoms with Gasteiger partial charge in [0.25, 0.3) is 0 Å². The summed E-state index contributed by atoms with van der Waals surface area (Å²) in [4.78, 5) is 13.5. The van der Waals surface area contributed by atoms with Crippen LogP contribution in [-0.2, 0) is 4.79 Å². The Bertz CT molecular complexity index is 288. The molecule has 0 spiro atoms. The van der Waals surface area contributed by atoms with Crippen molar-refractivity contribution in [1.82, 2.24) is 15.3 Å². The first-order chi connectivity index (χ1) is 9.17. The molecule has 0 atom stereocenters. The van der Waals surface area contributed by atoms with Crippen molar-refractivity contribution >= 4 is 5.91 Å². The van der Waals surface area contributed by atoms with Gasteiger partial charge in [0.15, 0.2) is 0 Å². The lowest BCUT2D eigenvalue weighted by Crippen LogP contribution is -2.47. The summed E-state index contributed by atoms with van der Waals surface area (Å²) in [5, 5.41) is 12.4. The van der Waals surface area contributed by atoms with Crippen LogP contribution in [0.4, 0.5) is 4.48 Å². The zero-order chi connectivity index (χ0) is 13.7. The van der Waals surface area contributed by atoms with Crippen molar-refractivity contribution in [3.8, 4) is 0 Å². The van der Waals surface area contributed by atoms with Crippen molar-refractivity contribution in [3.63, 3.8) is 0 Å². The quantitative estimate of drug-likeness (QED) is 0.716. The van der Waals surface area contributed by atoms with Crippen LogP contribution in [0.1, 0.15) is 25.7 Å². The number of carbonyl (C=O) groups is 1. The molecule has 2 saturated heterocycles. The van der Waals surface area contributed by atoms with Gasteiger partial charge in [0.2, 0.25) is 5.91 Å². The third-order valence-corrected chi connectivity index (χ3v) is 4.17. The fourth-order valence-electron chi connectivity index (χ4n) is 2.98. The number of aliphatic hydroxyl groups excluding tert-OH is 1. The average molecular weight is 273 g/mol. The molecule has 0 unspecified atom stereocenters. The summed E-state index contributed by atoms with van der Waals surface area (Å²) < 4.78 is 12.9. The second kappa shape index (κ2) is 7.17. The molecule has 1 amide bonds. The minimum absolute atomic E-state index is 0.198. The molecule has 2 aliphatic heterocycles. The fraction of sp³-hybridized carbons (Fsp3) is 0.923. The molecule has 2 fully saturated rings. The third-order valence-electron chi connectivity index (χ3n) is 4.17. The van der Waals surface area contributed by atoms with Gasteiger partial charge >= 0.3 is 0 Å². The number of halogens is 1. The molecule has 2 rings (SSSR count). The van der Waals surface area contributed by atoms with Gasteiger partial charge in [-0.15, -0.1) is 9.60 Å². The summed E-state index contributed by atoms with van der Waals surface area (Å²) in [6.45, 7) is 3.70. The molecule has 6 heteroatoms. The number of nitrogens with one attached hydrogen (secondary N) is 1. The first-order valence-electron chi connectivity index (χ1n) is 7.20. The lowest BCUT2D eigenvalue weighted by Gasteiger charge is -2.36. The number of hydrogen-bond donors (Lipinski definition) is 2. The van der Waals surface area contributed by atoms with E-state index in [0.29, 0.717) is 19.0 Å². The second-order valence-electron chi connectivity index (χ2n) is 5.65. The van der Waals surface area contributed by atoms with Gasteiger partial charge in [-0.2, -0.15) is 0 Å². The van der Waals surface area contributed by atoms with Crippen LogP contribution in [0.5, 0.6) is 0 Å². The van der Waals surface area contributed by atoms with E-state index in [9.17, 15) is 9.28 Å². The summed E-state index contributed by atoms with van der Waals surface area (Å²) in [6.07, 6.45) is 3.76. The van der Waals surface area contributed by atoms with Crippen LogP contribution < -0.4 is 5.32 Å². The summed E-state index contributed by atoms with van der Waals surface area (Å²) in [5.41, 5.74) is 0. The maximum Gasteiger partial charge on any atom is 0.245 e. The van der Waals surface area contributed by atoms with Gasteiger partial charge in [-0.1, -0.05) is 0 Å². The minimum atomic E-state index is -0.429. The van der Waals surface area contributed by atoms with Crippen LogP contribution in [0, 0.1) is 5.92 Å². The zero-order valence-corrected chi connectivity index (χ0v) is 11.4. The van der Waals surface area contributed by atoms with Crippen LogP contribution in [0.25, 0.3) is 0 Å². The third kappa shape index (κ3) is 4.71. The SMILES string of the molecule is O=C(CO)NC1CCN(CC2CCN(F)CC2)CC1.